The van der Waals surface area contributed by atoms with Crippen LogP contribution >= 0.6 is 0 Å². The summed E-state index contributed by atoms with van der Waals surface area (Å²) < 4.78 is 0. The van der Waals surface area contributed by atoms with Gasteiger partial charge < -0.3 is 5.11 Å². The van der Waals surface area contributed by atoms with Gasteiger partial charge in [0.1, 0.15) is 0 Å². The van der Waals surface area contributed by atoms with Crippen molar-refractivity contribution in [2.24, 2.45) is 0 Å². The van der Waals surface area contributed by atoms with E-state index in [-0.39, 0.29) is 12.5 Å². The van der Waals surface area contributed by atoms with E-state index in [2.05, 4.69) is 32.0 Å². The van der Waals surface area contributed by atoms with E-state index < -0.39 is 0 Å². The molecule has 0 bridgehead atoms. The molecular weight excluding hydrogens is 208 g/mol. The highest BCUT2D eigenvalue weighted by molar-refractivity contribution is 5.36. The maximum atomic E-state index is 9.24. The molecule has 93 valence electrons. The van der Waals surface area contributed by atoms with Crippen LogP contribution in [-0.4, -0.2) is 11.7 Å². The Morgan fingerprint density at radius 2 is 2.12 bits per heavy atom. The highest BCUT2D eigenvalue weighted by atomic mass is 16.3. The van der Waals surface area contributed by atoms with E-state index in [1.807, 2.05) is 0 Å². The SMILES string of the molecule is [CH2]C(CO)c1cc(CCCC)cc(C2CC2)c1. The van der Waals surface area contributed by atoms with Crippen LogP contribution in [0.3, 0.4) is 0 Å². The van der Waals surface area contributed by atoms with Gasteiger partial charge in [0.2, 0.25) is 0 Å². The molecule has 1 fully saturated rings. The first-order chi connectivity index (χ1) is 8.24. The van der Waals surface area contributed by atoms with Crippen LogP contribution < -0.4 is 0 Å². The third-order valence-corrected chi connectivity index (χ3v) is 3.60. The summed E-state index contributed by atoms with van der Waals surface area (Å²) in [6.07, 6.45) is 6.29. The molecule has 1 unspecified atom stereocenters. The Balaban J connectivity index is 2.21. The Morgan fingerprint density at radius 3 is 2.71 bits per heavy atom. The van der Waals surface area contributed by atoms with E-state index in [9.17, 15) is 5.11 Å². The molecule has 0 amide bonds. The van der Waals surface area contributed by atoms with Crippen molar-refractivity contribution >= 4 is 0 Å². The summed E-state index contributed by atoms with van der Waals surface area (Å²) in [6, 6.07) is 6.84. The van der Waals surface area contributed by atoms with Gasteiger partial charge in [0.25, 0.3) is 0 Å². The number of hydrogen-bond acceptors (Lipinski definition) is 1. The fourth-order valence-corrected chi connectivity index (χ4v) is 2.26. The molecule has 2 rings (SSSR count). The molecule has 1 heteroatoms. The second-order valence-electron chi connectivity index (χ2n) is 5.27. The Kier molecular flexibility index (Phi) is 4.22. The smallest absolute Gasteiger partial charge is 0.0499 e. The molecule has 1 nitrogen and oxygen atoms in total. The summed E-state index contributed by atoms with van der Waals surface area (Å²) in [6.45, 7) is 6.38. The summed E-state index contributed by atoms with van der Waals surface area (Å²) in [5, 5.41) is 9.24. The summed E-state index contributed by atoms with van der Waals surface area (Å²) in [5.74, 6) is 0.801. The molecule has 1 aromatic carbocycles. The maximum Gasteiger partial charge on any atom is 0.0499 e. The monoisotopic (exact) mass is 231 g/mol. The normalized spacial score (nSPS) is 17.1. The molecule has 1 aliphatic carbocycles. The maximum absolute atomic E-state index is 9.24. The molecule has 1 aliphatic rings. The number of rotatable bonds is 6. The standard InChI is InChI=1S/C16H23O/c1-3-4-5-13-8-15(12(2)11-17)10-16(9-13)14-6-7-14/h8-10,12,14,17H,2-7,11H2,1H3. The van der Waals surface area contributed by atoms with Gasteiger partial charge in [0.05, 0.1) is 0 Å². The third-order valence-electron chi connectivity index (χ3n) is 3.60. The number of aliphatic hydroxyl groups is 1. The van der Waals surface area contributed by atoms with E-state index in [0.29, 0.717) is 0 Å². The van der Waals surface area contributed by atoms with Crippen molar-refractivity contribution in [1.82, 2.24) is 0 Å². The molecular formula is C16H23O. The molecule has 1 N–H and O–H groups in total. The molecule has 0 saturated heterocycles. The van der Waals surface area contributed by atoms with Gasteiger partial charge in [-0.2, -0.15) is 0 Å². The molecule has 17 heavy (non-hydrogen) atoms. The van der Waals surface area contributed by atoms with E-state index in [1.165, 1.54) is 42.4 Å². The minimum Gasteiger partial charge on any atom is -0.396 e. The first-order valence-electron chi connectivity index (χ1n) is 6.82. The first-order valence-corrected chi connectivity index (χ1v) is 6.82. The molecule has 0 spiro atoms. The largest absolute Gasteiger partial charge is 0.396 e. The molecule has 1 atom stereocenters. The topological polar surface area (TPSA) is 20.2 Å². The van der Waals surface area contributed by atoms with Crippen LogP contribution in [0.1, 0.15) is 61.1 Å². The van der Waals surface area contributed by atoms with Crippen molar-refractivity contribution in [1.29, 1.82) is 0 Å². The molecule has 0 aliphatic heterocycles. The zero-order valence-corrected chi connectivity index (χ0v) is 10.8. The fraction of sp³-hybridized carbons (Fsp3) is 0.562. The molecule has 0 aromatic heterocycles. The number of aliphatic hydroxyl groups excluding tert-OH is 1. The number of benzene rings is 1. The van der Waals surface area contributed by atoms with Gasteiger partial charge in [-0.25, -0.2) is 0 Å². The highest BCUT2D eigenvalue weighted by Gasteiger charge is 2.24. The van der Waals surface area contributed by atoms with Crippen molar-refractivity contribution in [2.45, 2.75) is 50.9 Å². The minimum atomic E-state index is 0.0223. The van der Waals surface area contributed by atoms with Gasteiger partial charge in [0.15, 0.2) is 0 Å². The lowest BCUT2D eigenvalue weighted by molar-refractivity contribution is 0.282. The second-order valence-corrected chi connectivity index (χ2v) is 5.27. The molecule has 1 aromatic rings. The van der Waals surface area contributed by atoms with Crippen LogP contribution in [0.4, 0.5) is 0 Å². The number of aryl methyl sites for hydroxylation is 1. The molecule has 0 heterocycles. The van der Waals surface area contributed by atoms with E-state index in [0.717, 1.165) is 12.3 Å². The van der Waals surface area contributed by atoms with Crippen LogP contribution in [0.15, 0.2) is 18.2 Å². The van der Waals surface area contributed by atoms with Crippen LogP contribution in [-0.2, 0) is 6.42 Å². The van der Waals surface area contributed by atoms with E-state index in [1.54, 1.807) is 0 Å². The third kappa shape index (κ3) is 3.32. The van der Waals surface area contributed by atoms with E-state index in [4.69, 9.17) is 0 Å². The Bertz CT molecular complexity index is 366. The number of unbranched alkanes of at least 4 members (excludes halogenated alkanes) is 1. The lowest BCUT2D eigenvalue weighted by atomic mass is 9.93. The fourth-order valence-electron chi connectivity index (χ4n) is 2.26. The summed E-state index contributed by atoms with van der Waals surface area (Å²) in [7, 11) is 0. The van der Waals surface area contributed by atoms with Crippen LogP contribution in [0, 0.1) is 6.92 Å². The average Bonchev–Trinajstić information content (AvgIpc) is 3.19. The average molecular weight is 231 g/mol. The van der Waals surface area contributed by atoms with Crippen molar-refractivity contribution in [3.05, 3.63) is 41.8 Å². The highest BCUT2D eigenvalue weighted by Crippen LogP contribution is 2.41. The quantitative estimate of drug-likeness (QED) is 0.789. The van der Waals surface area contributed by atoms with Crippen LogP contribution in [0.2, 0.25) is 0 Å². The van der Waals surface area contributed by atoms with Crippen molar-refractivity contribution < 1.29 is 5.11 Å². The number of hydrogen-bond donors (Lipinski definition) is 1. The molecule has 1 saturated carbocycles. The molecule has 1 radical (unpaired) electrons. The Hall–Kier alpha value is -0.820. The van der Waals surface area contributed by atoms with Gasteiger partial charge in [-0.15, -0.1) is 0 Å². The zero-order valence-electron chi connectivity index (χ0n) is 10.8. The van der Waals surface area contributed by atoms with Gasteiger partial charge in [-0.3, -0.25) is 0 Å². The van der Waals surface area contributed by atoms with Crippen molar-refractivity contribution in [3.8, 4) is 0 Å². The second kappa shape index (κ2) is 5.68. The lowest BCUT2D eigenvalue weighted by Crippen LogP contribution is -2.02. The van der Waals surface area contributed by atoms with Crippen LogP contribution in [0.5, 0.6) is 0 Å². The first kappa shape index (κ1) is 12.6. The predicted octanol–water partition coefficient (Wildman–Crippen LogP) is 3.82. The van der Waals surface area contributed by atoms with Gasteiger partial charge >= 0.3 is 0 Å². The zero-order chi connectivity index (χ0) is 12.3. The lowest BCUT2D eigenvalue weighted by Gasteiger charge is -2.13. The predicted molar refractivity (Wildman–Crippen MR) is 72.2 cm³/mol. The van der Waals surface area contributed by atoms with Crippen LogP contribution in [0.25, 0.3) is 0 Å². The van der Waals surface area contributed by atoms with Gasteiger partial charge in [-0.05, 0) is 55.2 Å². The van der Waals surface area contributed by atoms with Gasteiger partial charge in [0, 0.05) is 12.5 Å². The van der Waals surface area contributed by atoms with Crippen molar-refractivity contribution in [3.63, 3.8) is 0 Å². The summed E-state index contributed by atoms with van der Waals surface area (Å²) in [4.78, 5) is 0. The summed E-state index contributed by atoms with van der Waals surface area (Å²) in [5.41, 5.74) is 4.10. The van der Waals surface area contributed by atoms with Crippen molar-refractivity contribution in [2.75, 3.05) is 6.61 Å². The van der Waals surface area contributed by atoms with Gasteiger partial charge in [-0.1, -0.05) is 31.5 Å². The van der Waals surface area contributed by atoms with E-state index >= 15 is 0 Å². The minimum absolute atomic E-state index is 0.0223. The summed E-state index contributed by atoms with van der Waals surface area (Å²) >= 11 is 0. The Labute approximate surface area is 105 Å². The Morgan fingerprint density at radius 1 is 1.35 bits per heavy atom.